The van der Waals surface area contributed by atoms with Crippen molar-refractivity contribution >= 4 is 44.4 Å². The van der Waals surface area contributed by atoms with Crippen LogP contribution in [0.15, 0.2) is 121 Å². The lowest BCUT2D eigenvalue weighted by Gasteiger charge is -1.97. The van der Waals surface area contributed by atoms with Crippen LogP contribution in [0.4, 0.5) is 0 Å². The van der Waals surface area contributed by atoms with E-state index in [2.05, 4.69) is 223 Å². The summed E-state index contributed by atoms with van der Waals surface area (Å²) in [4.78, 5) is 0. The molecule has 0 saturated carbocycles. The Morgan fingerprint density at radius 1 is 0.300 bits per heavy atom. The van der Waals surface area contributed by atoms with Gasteiger partial charge >= 0.3 is 0 Å². The van der Waals surface area contributed by atoms with Gasteiger partial charge in [-0.1, -0.05) is 128 Å². The molecule has 5 heterocycles. The Balaban J connectivity index is 1.79. The van der Waals surface area contributed by atoms with Gasteiger partial charge in [0.05, 0.1) is 0 Å². The molecule has 8 bridgehead atoms. The molecule has 0 fully saturated rings. The summed E-state index contributed by atoms with van der Waals surface area (Å²) in [5.74, 6) is 0. The van der Waals surface area contributed by atoms with Gasteiger partial charge in [0.1, 0.15) is 14.1 Å². The summed E-state index contributed by atoms with van der Waals surface area (Å²) in [6.07, 6.45) is 8.01. The Morgan fingerprint density at radius 3 is 0.683 bits per heavy atom. The van der Waals surface area contributed by atoms with Crippen molar-refractivity contribution in [2.75, 3.05) is 0 Å². The fraction of sp³-hybridized carbons (Fsp3) is 0.357. The van der Waals surface area contributed by atoms with Crippen molar-refractivity contribution < 1.29 is 9.13 Å². The molecule has 3 aromatic heterocycles. The van der Waals surface area contributed by atoms with E-state index in [0.29, 0.717) is 0 Å². The largest absolute Gasteiger partial charge is 0.344 e. The van der Waals surface area contributed by atoms with Gasteiger partial charge in [-0.3, -0.25) is 0 Å². The van der Waals surface area contributed by atoms with Crippen molar-refractivity contribution in [2.24, 2.45) is 28.2 Å². The summed E-state index contributed by atoms with van der Waals surface area (Å²) < 4.78 is 9.45. The van der Waals surface area contributed by atoms with Crippen molar-refractivity contribution in [1.29, 1.82) is 0 Å². The maximum atomic E-state index is 2.36. The molecule has 3 aromatic rings. The van der Waals surface area contributed by atoms with Crippen LogP contribution in [0.25, 0.3) is 44.4 Å². The van der Waals surface area contributed by atoms with Crippen LogP contribution in [0.3, 0.4) is 0 Å². The second kappa shape index (κ2) is 21.7. The zero-order valence-corrected chi connectivity index (χ0v) is 39.0. The lowest BCUT2D eigenvalue weighted by molar-refractivity contribution is -0.673. The lowest BCUT2D eigenvalue weighted by Crippen LogP contribution is -2.32. The van der Waals surface area contributed by atoms with Crippen LogP contribution < -0.4 is 9.13 Å². The fourth-order valence-electron chi connectivity index (χ4n) is 9.66. The van der Waals surface area contributed by atoms with Crippen LogP contribution in [0, 0.1) is 0 Å². The van der Waals surface area contributed by atoms with E-state index in [0.717, 1.165) is 51.4 Å². The summed E-state index contributed by atoms with van der Waals surface area (Å²) in [6, 6.07) is 44.5. The highest BCUT2D eigenvalue weighted by molar-refractivity contribution is 5.90. The molecule has 2 aliphatic rings. The zero-order chi connectivity index (χ0) is 43.3. The van der Waals surface area contributed by atoms with Crippen molar-refractivity contribution in [3.63, 3.8) is 0 Å². The summed E-state index contributed by atoms with van der Waals surface area (Å²) in [6.45, 7) is 18.2. The van der Waals surface area contributed by atoms with Gasteiger partial charge < -0.3 is 9.13 Å². The third kappa shape index (κ3) is 9.29. The molecule has 0 aromatic carbocycles. The molecule has 0 unspecified atom stereocenters. The Morgan fingerprint density at radius 2 is 0.500 bits per heavy atom. The van der Waals surface area contributed by atoms with Crippen LogP contribution in [0.1, 0.15) is 126 Å². The van der Waals surface area contributed by atoms with E-state index in [1.165, 1.54) is 89.4 Å². The highest BCUT2D eigenvalue weighted by Gasteiger charge is 2.28. The maximum Gasteiger partial charge on any atom is 0.209 e. The fourth-order valence-corrected chi connectivity index (χ4v) is 9.66. The maximum absolute atomic E-state index is 2.36. The number of allylic oxidation sites excluding steroid dienone is 4. The standard InChI is InChI=1S/C56H72N4/c1-13-41-42(14-2)50-34-26-22-28-36-52-45(17-5)46(18-6)54(59(52)11)38-30-24-32-40-56-48(20-8)47(19-7)55(60(56)12)39-31-23-29-37-53-44(16-4)43(15-3)51(58(53)10)35-27-21-25-33-49(41)57(50)9/h21-40H,13-20H2,1-12H3/q+2. The zero-order valence-electron chi connectivity index (χ0n) is 39.0. The monoisotopic (exact) mass is 801 g/mol. The summed E-state index contributed by atoms with van der Waals surface area (Å²) in [7, 11) is 8.82. The second-order valence-electron chi connectivity index (χ2n) is 15.6. The normalized spacial score (nSPS) is 12.1. The van der Waals surface area contributed by atoms with Gasteiger partial charge in [0.25, 0.3) is 0 Å². The van der Waals surface area contributed by atoms with Crippen molar-refractivity contribution in [1.82, 2.24) is 9.13 Å². The molecular formula is C56H72N4+2. The van der Waals surface area contributed by atoms with E-state index < -0.39 is 0 Å². The summed E-state index contributed by atoms with van der Waals surface area (Å²) >= 11 is 0. The van der Waals surface area contributed by atoms with Crippen LogP contribution in [0.5, 0.6) is 0 Å². The first-order valence-corrected chi connectivity index (χ1v) is 22.7. The minimum Gasteiger partial charge on any atom is -0.344 e. The Labute approximate surface area is 362 Å². The van der Waals surface area contributed by atoms with Crippen LogP contribution >= 0.6 is 0 Å². The molecular weight excluding hydrogens is 729 g/mol. The number of rotatable bonds is 8. The van der Waals surface area contributed by atoms with Gasteiger partial charge in [0.15, 0.2) is 0 Å². The molecule has 0 aliphatic carbocycles. The molecule has 314 valence electrons. The molecule has 0 atom stereocenters. The number of fused-ring (bicyclic) bond motifs is 8. The lowest BCUT2D eigenvalue weighted by atomic mass is 10.0. The Bertz CT molecular complexity index is 2230. The first kappa shape index (κ1) is 45.6. The van der Waals surface area contributed by atoms with Gasteiger partial charge in [-0.2, -0.15) is 9.13 Å². The van der Waals surface area contributed by atoms with Crippen molar-refractivity contribution in [2.45, 2.75) is 107 Å². The molecule has 0 N–H and O–H groups in total. The topological polar surface area (TPSA) is 17.6 Å². The van der Waals surface area contributed by atoms with Gasteiger partial charge in [0, 0.05) is 82.7 Å². The Kier molecular flexibility index (Phi) is 16.5. The number of aryl methyl sites for hydroxylation is 6. The van der Waals surface area contributed by atoms with Crippen LogP contribution in [0.2, 0.25) is 0 Å². The summed E-state index contributed by atoms with van der Waals surface area (Å²) in [5.41, 5.74) is 21.7. The van der Waals surface area contributed by atoms with Gasteiger partial charge in [0.2, 0.25) is 22.8 Å². The second-order valence-corrected chi connectivity index (χ2v) is 15.6. The molecule has 4 nitrogen and oxygen atoms in total. The molecule has 0 spiro atoms. The van der Waals surface area contributed by atoms with E-state index in [-0.39, 0.29) is 0 Å². The smallest absolute Gasteiger partial charge is 0.209 e. The summed E-state index contributed by atoms with van der Waals surface area (Å²) in [5, 5.41) is 0. The quantitative estimate of drug-likeness (QED) is 0.202. The van der Waals surface area contributed by atoms with E-state index >= 15 is 0 Å². The first-order chi connectivity index (χ1) is 29.2. The molecule has 60 heavy (non-hydrogen) atoms. The predicted octanol–water partition coefficient (Wildman–Crippen LogP) is 13.4. The van der Waals surface area contributed by atoms with E-state index in [1.54, 1.807) is 0 Å². The van der Waals surface area contributed by atoms with Gasteiger partial charge in [-0.05, 0) is 97.9 Å². The average Bonchev–Trinajstić information content (AvgIpc) is 3.87. The van der Waals surface area contributed by atoms with E-state index in [4.69, 9.17) is 0 Å². The van der Waals surface area contributed by atoms with Crippen LogP contribution in [-0.2, 0) is 53.9 Å². The first-order valence-electron chi connectivity index (χ1n) is 22.7. The number of aromatic nitrogens is 4. The van der Waals surface area contributed by atoms with Crippen molar-refractivity contribution in [3.8, 4) is 0 Å². The highest BCUT2D eigenvalue weighted by Crippen LogP contribution is 2.33. The average molecular weight is 801 g/mol. The van der Waals surface area contributed by atoms with Crippen LogP contribution in [-0.4, -0.2) is 9.13 Å². The number of nitrogens with zero attached hydrogens (tertiary/aromatic N) is 4. The van der Waals surface area contributed by atoms with Gasteiger partial charge in [-0.15, -0.1) is 0 Å². The molecule has 0 radical (unpaired) electrons. The Hall–Kier alpha value is -5.48. The number of hydrogen-bond donors (Lipinski definition) is 0. The molecule has 2 aliphatic heterocycles. The molecule has 4 heteroatoms. The third-order valence-electron chi connectivity index (χ3n) is 12.6. The highest BCUT2D eigenvalue weighted by atomic mass is 15.0. The predicted molar refractivity (Wildman–Crippen MR) is 260 cm³/mol. The minimum atomic E-state index is 1.00. The van der Waals surface area contributed by atoms with E-state index in [9.17, 15) is 0 Å². The minimum absolute atomic E-state index is 1.00. The molecule has 0 saturated heterocycles. The molecule has 0 amide bonds. The number of hydrogen-bond acceptors (Lipinski definition) is 0. The SMILES string of the molecule is CCC1=C(CC)c2cccccc3c(CC)c(CC)c(cccccc4[n+](C)c(cccccc5c(CC)c(CC)c(cccccc1[n+]2C)n5C)C(CC)=C4CC)n3C. The van der Waals surface area contributed by atoms with Gasteiger partial charge in [-0.25, -0.2) is 0 Å². The molecule has 5 rings (SSSR count). The third-order valence-corrected chi connectivity index (χ3v) is 12.6. The van der Waals surface area contributed by atoms with Crippen molar-refractivity contribution in [3.05, 3.63) is 166 Å². The van der Waals surface area contributed by atoms with E-state index in [1.807, 2.05) is 0 Å².